The second-order valence-corrected chi connectivity index (χ2v) is 10.2. The van der Waals surface area contributed by atoms with Gasteiger partial charge in [0, 0.05) is 5.69 Å². The Morgan fingerprint density at radius 3 is 2.17 bits per heavy atom. The number of nitrogens with zero attached hydrogens (tertiary/aromatic N) is 1. The molecule has 0 saturated heterocycles. The maximum absolute atomic E-state index is 13.4. The molecule has 4 aromatic rings. The Labute approximate surface area is 210 Å². The molecule has 1 N–H and O–H groups in total. The van der Waals surface area contributed by atoms with E-state index in [1.807, 2.05) is 36.4 Å². The van der Waals surface area contributed by atoms with Crippen molar-refractivity contribution in [3.05, 3.63) is 115 Å². The standard InChI is InChI=1S/C28H24N2O5S/c31-28(29-22-15-17-24(18-16-22)34-23-11-5-2-6-12-23)27-19-30(25-13-7-8-14-26(25)35-27)36(32,33)20-21-9-3-1-4-10-21/h1-18,27H,19-20H2,(H,29,31)/t27-/m0/s1. The van der Waals surface area contributed by atoms with Crippen LogP contribution in [0.25, 0.3) is 0 Å². The maximum Gasteiger partial charge on any atom is 0.267 e. The second kappa shape index (κ2) is 10.1. The predicted molar refractivity (Wildman–Crippen MR) is 139 cm³/mol. The average Bonchev–Trinajstić information content (AvgIpc) is 2.90. The summed E-state index contributed by atoms with van der Waals surface area (Å²) in [4.78, 5) is 13.1. The average molecular weight is 501 g/mol. The van der Waals surface area contributed by atoms with Gasteiger partial charge in [0.25, 0.3) is 5.91 Å². The highest BCUT2D eigenvalue weighted by molar-refractivity contribution is 7.92. The van der Waals surface area contributed by atoms with Crippen LogP contribution >= 0.6 is 0 Å². The molecule has 0 bridgehead atoms. The van der Waals surface area contributed by atoms with Crippen LogP contribution in [0.4, 0.5) is 11.4 Å². The summed E-state index contributed by atoms with van der Waals surface area (Å²) in [5.74, 6) is 1.05. The summed E-state index contributed by atoms with van der Waals surface area (Å²) in [5, 5.41) is 2.81. The van der Waals surface area contributed by atoms with Crippen molar-refractivity contribution in [1.82, 2.24) is 0 Å². The molecule has 1 amide bonds. The Kier molecular flexibility index (Phi) is 6.60. The topological polar surface area (TPSA) is 84.9 Å². The Hall–Kier alpha value is -4.30. The van der Waals surface area contributed by atoms with Crippen molar-refractivity contribution in [3.8, 4) is 17.2 Å². The molecule has 8 heteroatoms. The zero-order chi connectivity index (χ0) is 25.0. The number of rotatable bonds is 7. The number of fused-ring (bicyclic) bond motifs is 1. The monoisotopic (exact) mass is 500 g/mol. The Balaban J connectivity index is 1.31. The summed E-state index contributed by atoms with van der Waals surface area (Å²) in [6.45, 7) is -0.132. The van der Waals surface area contributed by atoms with Gasteiger partial charge in [-0.2, -0.15) is 0 Å². The van der Waals surface area contributed by atoms with Gasteiger partial charge < -0.3 is 14.8 Å². The quantitative estimate of drug-likeness (QED) is 0.376. The molecule has 4 aromatic carbocycles. The molecule has 0 unspecified atom stereocenters. The summed E-state index contributed by atoms with van der Waals surface area (Å²) in [5.41, 5.74) is 1.63. The first-order chi connectivity index (χ1) is 17.5. The molecule has 1 atom stereocenters. The van der Waals surface area contributed by atoms with Gasteiger partial charge in [0.1, 0.15) is 17.2 Å². The third-order valence-corrected chi connectivity index (χ3v) is 7.37. The van der Waals surface area contributed by atoms with E-state index in [9.17, 15) is 13.2 Å². The van der Waals surface area contributed by atoms with E-state index in [0.29, 0.717) is 34.2 Å². The molecule has 0 radical (unpaired) electrons. The van der Waals surface area contributed by atoms with Crippen molar-refractivity contribution in [3.63, 3.8) is 0 Å². The van der Waals surface area contributed by atoms with Crippen molar-refractivity contribution < 1.29 is 22.7 Å². The number of anilines is 2. The van der Waals surface area contributed by atoms with Gasteiger partial charge in [-0.05, 0) is 54.1 Å². The predicted octanol–water partition coefficient (Wildman–Crippen LogP) is 5.22. The molecule has 7 nitrogen and oxygen atoms in total. The first-order valence-corrected chi connectivity index (χ1v) is 13.0. The van der Waals surface area contributed by atoms with Crippen LogP contribution in [0, 0.1) is 0 Å². The fourth-order valence-electron chi connectivity index (χ4n) is 3.92. The van der Waals surface area contributed by atoms with E-state index in [4.69, 9.17) is 9.47 Å². The molecular weight excluding hydrogens is 476 g/mol. The number of ether oxygens (including phenoxy) is 2. The van der Waals surface area contributed by atoms with Gasteiger partial charge in [0.2, 0.25) is 10.0 Å². The molecule has 0 saturated carbocycles. The Morgan fingerprint density at radius 1 is 0.833 bits per heavy atom. The van der Waals surface area contributed by atoms with Gasteiger partial charge in [-0.15, -0.1) is 0 Å². The third-order valence-electron chi connectivity index (χ3n) is 5.66. The zero-order valence-electron chi connectivity index (χ0n) is 19.3. The lowest BCUT2D eigenvalue weighted by molar-refractivity contribution is -0.122. The van der Waals surface area contributed by atoms with Gasteiger partial charge in [0.15, 0.2) is 6.10 Å². The lowest BCUT2D eigenvalue weighted by Crippen LogP contribution is -2.49. The number of para-hydroxylation sites is 3. The minimum absolute atomic E-state index is 0.132. The number of nitrogens with one attached hydrogen (secondary N) is 1. The number of hydrogen-bond donors (Lipinski definition) is 1. The van der Waals surface area contributed by atoms with Gasteiger partial charge in [-0.25, -0.2) is 8.42 Å². The molecule has 36 heavy (non-hydrogen) atoms. The van der Waals surface area contributed by atoms with Crippen LogP contribution in [0.1, 0.15) is 5.56 Å². The second-order valence-electron chi connectivity index (χ2n) is 8.28. The third kappa shape index (κ3) is 5.34. The van der Waals surface area contributed by atoms with Crippen molar-refractivity contribution >= 4 is 27.3 Å². The number of carbonyl (C=O) groups is 1. The lowest BCUT2D eigenvalue weighted by atomic mass is 10.2. The van der Waals surface area contributed by atoms with E-state index in [1.54, 1.807) is 72.8 Å². The van der Waals surface area contributed by atoms with Crippen LogP contribution in [0.2, 0.25) is 0 Å². The van der Waals surface area contributed by atoms with Crippen LogP contribution in [-0.2, 0) is 20.6 Å². The van der Waals surface area contributed by atoms with Gasteiger partial charge >= 0.3 is 0 Å². The lowest BCUT2D eigenvalue weighted by Gasteiger charge is -2.34. The van der Waals surface area contributed by atoms with E-state index in [1.165, 1.54) is 4.31 Å². The smallest absolute Gasteiger partial charge is 0.267 e. The highest BCUT2D eigenvalue weighted by Gasteiger charge is 2.36. The SMILES string of the molecule is O=C(Nc1ccc(Oc2ccccc2)cc1)[C@@H]1CN(S(=O)(=O)Cc2ccccc2)c2ccccc2O1. The van der Waals surface area contributed by atoms with E-state index in [-0.39, 0.29) is 12.3 Å². The number of amides is 1. The molecule has 5 rings (SSSR count). The Morgan fingerprint density at radius 2 is 1.44 bits per heavy atom. The first kappa shape index (κ1) is 23.4. The molecule has 0 aliphatic carbocycles. The molecular formula is C28H24N2O5S. The fraction of sp³-hybridized carbons (Fsp3) is 0.107. The van der Waals surface area contributed by atoms with Crippen LogP contribution in [0.3, 0.4) is 0 Å². The maximum atomic E-state index is 13.4. The summed E-state index contributed by atoms with van der Waals surface area (Å²) in [6, 6.07) is 32.1. The Bertz CT molecular complexity index is 1440. The molecule has 0 aromatic heterocycles. The zero-order valence-corrected chi connectivity index (χ0v) is 20.1. The highest BCUT2D eigenvalue weighted by atomic mass is 32.2. The van der Waals surface area contributed by atoms with Crippen LogP contribution in [0.15, 0.2) is 109 Å². The molecule has 1 aliphatic rings. The largest absolute Gasteiger partial charge is 0.476 e. The molecule has 182 valence electrons. The highest BCUT2D eigenvalue weighted by Crippen LogP contribution is 2.36. The van der Waals surface area contributed by atoms with Gasteiger partial charge in [-0.3, -0.25) is 9.10 Å². The van der Waals surface area contributed by atoms with Gasteiger partial charge in [0.05, 0.1) is 18.0 Å². The van der Waals surface area contributed by atoms with Crippen molar-refractivity contribution in [2.45, 2.75) is 11.9 Å². The van der Waals surface area contributed by atoms with Crippen molar-refractivity contribution in [2.24, 2.45) is 0 Å². The normalized spacial score (nSPS) is 14.9. The van der Waals surface area contributed by atoms with Crippen molar-refractivity contribution in [1.29, 1.82) is 0 Å². The number of hydrogen-bond acceptors (Lipinski definition) is 5. The minimum atomic E-state index is -3.77. The first-order valence-electron chi connectivity index (χ1n) is 11.4. The summed E-state index contributed by atoms with van der Waals surface area (Å²) in [6.07, 6.45) is -1.02. The summed E-state index contributed by atoms with van der Waals surface area (Å²) >= 11 is 0. The summed E-state index contributed by atoms with van der Waals surface area (Å²) in [7, 11) is -3.77. The molecule has 0 fully saturated rings. The number of carbonyl (C=O) groups excluding carboxylic acids is 1. The van der Waals surface area contributed by atoms with Gasteiger partial charge in [-0.1, -0.05) is 60.7 Å². The number of benzene rings is 4. The summed E-state index contributed by atoms with van der Waals surface area (Å²) < 4.78 is 39.7. The fourth-order valence-corrected chi connectivity index (χ4v) is 5.50. The van der Waals surface area contributed by atoms with E-state index >= 15 is 0 Å². The van der Waals surface area contributed by atoms with E-state index in [2.05, 4.69) is 5.32 Å². The van der Waals surface area contributed by atoms with Crippen LogP contribution in [0.5, 0.6) is 17.2 Å². The van der Waals surface area contributed by atoms with Crippen LogP contribution in [-0.4, -0.2) is 27.0 Å². The van der Waals surface area contributed by atoms with Crippen molar-refractivity contribution in [2.75, 3.05) is 16.2 Å². The molecule has 1 heterocycles. The number of sulfonamides is 1. The van der Waals surface area contributed by atoms with Crippen LogP contribution < -0.4 is 19.1 Å². The van der Waals surface area contributed by atoms with E-state index < -0.39 is 22.0 Å². The van der Waals surface area contributed by atoms with E-state index in [0.717, 1.165) is 0 Å². The molecule has 0 spiro atoms. The molecule has 1 aliphatic heterocycles. The minimum Gasteiger partial charge on any atom is -0.476 e.